The molecule has 4 heteroatoms. The number of hydrogen-bond acceptors (Lipinski definition) is 2. The first-order valence-corrected chi connectivity index (χ1v) is 7.63. The second-order valence-electron chi connectivity index (χ2n) is 4.23. The number of aliphatic imine (C=N–C) groups is 1. The van der Waals surface area contributed by atoms with E-state index in [1.54, 1.807) is 0 Å². The predicted molar refractivity (Wildman–Crippen MR) is 91.7 cm³/mol. The Morgan fingerprint density at radius 1 is 1.16 bits per heavy atom. The second kappa shape index (κ2) is 8.33. The average molecular weight is 294 g/mol. The lowest BCUT2D eigenvalue weighted by Gasteiger charge is -2.24. The molecular weight excluding hydrogens is 272 g/mol. The molecule has 104 valence electrons. The largest absolute Gasteiger partial charge is 0.357 e. The number of amidine groups is 1. The predicted octanol–water partition coefficient (Wildman–Crippen LogP) is 3.79. The quantitative estimate of drug-likeness (QED) is 0.372. The highest BCUT2D eigenvalue weighted by atomic mass is 32.1. The van der Waals surface area contributed by atoms with Gasteiger partial charge in [-0.15, -0.1) is 12.6 Å². The van der Waals surface area contributed by atoms with E-state index in [0.717, 1.165) is 43.0 Å². The fourth-order valence-corrected chi connectivity index (χ4v) is 2.33. The summed E-state index contributed by atoms with van der Waals surface area (Å²) in [5, 5.41) is 0. The summed E-state index contributed by atoms with van der Waals surface area (Å²) in [5.74, 6) is 1.03. The van der Waals surface area contributed by atoms with E-state index >= 15 is 0 Å². The van der Waals surface area contributed by atoms with Gasteiger partial charge in [0.25, 0.3) is 0 Å². The molecule has 1 aromatic rings. The summed E-state index contributed by atoms with van der Waals surface area (Å²) in [5.41, 5.74) is 2.07. The molecule has 0 atom stereocenters. The van der Waals surface area contributed by atoms with Gasteiger partial charge in [-0.2, -0.15) is 0 Å². The molecule has 0 N–H and O–H groups in total. The Labute approximate surface area is 127 Å². The highest BCUT2D eigenvalue weighted by molar-refractivity contribution is 8.11. The van der Waals surface area contributed by atoms with E-state index in [2.05, 4.69) is 44.4 Å². The Morgan fingerprint density at radius 3 is 2.21 bits per heavy atom. The van der Waals surface area contributed by atoms with Crippen molar-refractivity contribution in [1.29, 1.82) is 0 Å². The highest BCUT2D eigenvalue weighted by Gasteiger charge is 2.15. The standard InChI is InChI=1S/C15H22N2S2/c1-4-11-16-14(17(5-2)6-3)12-9-7-8-10-13(12)15(18)19/h7-10H,4-6,11H2,1-3H3,(H,18,19). The summed E-state index contributed by atoms with van der Waals surface area (Å²) < 4.78 is 0.618. The van der Waals surface area contributed by atoms with Gasteiger partial charge < -0.3 is 4.90 Å². The van der Waals surface area contributed by atoms with Crippen molar-refractivity contribution in [2.24, 2.45) is 4.99 Å². The van der Waals surface area contributed by atoms with E-state index in [9.17, 15) is 0 Å². The van der Waals surface area contributed by atoms with E-state index < -0.39 is 0 Å². The van der Waals surface area contributed by atoms with Crippen molar-refractivity contribution in [1.82, 2.24) is 4.90 Å². The molecule has 1 aromatic carbocycles. The van der Waals surface area contributed by atoms with Crippen molar-refractivity contribution in [3.63, 3.8) is 0 Å². The number of thiol groups is 1. The molecule has 0 saturated carbocycles. The molecule has 19 heavy (non-hydrogen) atoms. The third-order valence-electron chi connectivity index (χ3n) is 2.95. The summed E-state index contributed by atoms with van der Waals surface area (Å²) >= 11 is 9.56. The van der Waals surface area contributed by atoms with E-state index in [-0.39, 0.29) is 0 Å². The van der Waals surface area contributed by atoms with Gasteiger partial charge in [0.2, 0.25) is 0 Å². The van der Waals surface area contributed by atoms with Crippen LogP contribution in [0.1, 0.15) is 38.3 Å². The van der Waals surface area contributed by atoms with Gasteiger partial charge in [0, 0.05) is 30.8 Å². The molecule has 0 radical (unpaired) electrons. The van der Waals surface area contributed by atoms with Crippen molar-refractivity contribution in [2.45, 2.75) is 27.2 Å². The molecule has 0 aliphatic heterocycles. The third-order valence-corrected chi connectivity index (χ3v) is 3.41. The van der Waals surface area contributed by atoms with Crippen LogP contribution < -0.4 is 0 Å². The maximum Gasteiger partial charge on any atom is 0.131 e. The SMILES string of the molecule is CCCN=C(c1ccccc1C(=S)S)N(CC)CC. The van der Waals surface area contributed by atoms with Crippen LogP contribution >= 0.6 is 24.8 Å². The Bertz CT molecular complexity index is 451. The van der Waals surface area contributed by atoms with E-state index in [0.29, 0.717) is 4.20 Å². The lowest BCUT2D eigenvalue weighted by molar-refractivity contribution is 0.464. The first-order chi connectivity index (χ1) is 9.15. The van der Waals surface area contributed by atoms with Gasteiger partial charge in [0.15, 0.2) is 0 Å². The van der Waals surface area contributed by atoms with Gasteiger partial charge in [-0.3, -0.25) is 4.99 Å². The van der Waals surface area contributed by atoms with Crippen LogP contribution in [-0.4, -0.2) is 34.6 Å². The summed E-state index contributed by atoms with van der Waals surface area (Å²) in [6.07, 6.45) is 1.04. The minimum atomic E-state index is 0.618. The Morgan fingerprint density at radius 2 is 1.74 bits per heavy atom. The van der Waals surface area contributed by atoms with Gasteiger partial charge in [-0.25, -0.2) is 0 Å². The minimum absolute atomic E-state index is 0.618. The van der Waals surface area contributed by atoms with Crippen molar-refractivity contribution >= 4 is 34.9 Å². The van der Waals surface area contributed by atoms with Crippen LogP contribution in [0.3, 0.4) is 0 Å². The zero-order chi connectivity index (χ0) is 14.3. The first kappa shape index (κ1) is 16.2. The zero-order valence-corrected chi connectivity index (χ0v) is 13.6. The summed E-state index contributed by atoms with van der Waals surface area (Å²) in [6, 6.07) is 8.09. The van der Waals surface area contributed by atoms with Crippen LogP contribution in [0, 0.1) is 0 Å². The van der Waals surface area contributed by atoms with Crippen LogP contribution in [0.4, 0.5) is 0 Å². The zero-order valence-electron chi connectivity index (χ0n) is 11.9. The molecule has 0 unspecified atom stereocenters. The lowest BCUT2D eigenvalue weighted by Crippen LogP contribution is -2.32. The van der Waals surface area contributed by atoms with E-state index in [1.807, 2.05) is 18.2 Å². The smallest absolute Gasteiger partial charge is 0.131 e. The van der Waals surface area contributed by atoms with Crippen LogP contribution in [0.25, 0.3) is 0 Å². The Hall–Kier alpha value is -0.870. The lowest BCUT2D eigenvalue weighted by atomic mass is 10.1. The molecule has 0 saturated heterocycles. The molecule has 0 aliphatic rings. The van der Waals surface area contributed by atoms with Gasteiger partial charge in [0.05, 0.1) is 4.20 Å². The van der Waals surface area contributed by atoms with Crippen molar-refractivity contribution in [3.05, 3.63) is 35.4 Å². The molecule has 0 aromatic heterocycles. The van der Waals surface area contributed by atoms with Gasteiger partial charge >= 0.3 is 0 Å². The maximum absolute atomic E-state index is 5.23. The maximum atomic E-state index is 5.23. The fraction of sp³-hybridized carbons (Fsp3) is 0.467. The van der Waals surface area contributed by atoms with Crippen molar-refractivity contribution in [2.75, 3.05) is 19.6 Å². The average Bonchev–Trinajstić information content (AvgIpc) is 2.43. The highest BCUT2D eigenvalue weighted by Crippen LogP contribution is 2.16. The number of benzene rings is 1. The molecule has 0 bridgehead atoms. The molecule has 0 amide bonds. The Balaban J connectivity index is 3.28. The summed E-state index contributed by atoms with van der Waals surface area (Å²) in [4.78, 5) is 7.01. The summed E-state index contributed by atoms with van der Waals surface area (Å²) in [6.45, 7) is 9.14. The second-order valence-corrected chi connectivity index (χ2v) is 5.39. The van der Waals surface area contributed by atoms with Gasteiger partial charge in [0.1, 0.15) is 5.84 Å². The van der Waals surface area contributed by atoms with Gasteiger partial charge in [-0.05, 0) is 20.3 Å². The topological polar surface area (TPSA) is 15.6 Å². The third kappa shape index (κ3) is 4.32. The molecule has 2 nitrogen and oxygen atoms in total. The number of hydrogen-bond donors (Lipinski definition) is 1. The first-order valence-electron chi connectivity index (χ1n) is 6.77. The fourth-order valence-electron chi connectivity index (χ4n) is 1.96. The van der Waals surface area contributed by atoms with Crippen LogP contribution in [0.2, 0.25) is 0 Å². The molecule has 0 fully saturated rings. The summed E-state index contributed by atoms with van der Waals surface area (Å²) in [7, 11) is 0. The van der Waals surface area contributed by atoms with Crippen molar-refractivity contribution < 1.29 is 0 Å². The number of nitrogens with zero attached hydrogens (tertiary/aromatic N) is 2. The van der Waals surface area contributed by atoms with Crippen LogP contribution in [0.5, 0.6) is 0 Å². The molecular formula is C15H22N2S2. The molecule has 0 spiro atoms. The molecule has 1 rings (SSSR count). The number of thiocarbonyl (C=S) groups is 1. The van der Waals surface area contributed by atoms with Crippen LogP contribution in [-0.2, 0) is 0 Å². The Kier molecular flexibility index (Phi) is 7.10. The minimum Gasteiger partial charge on any atom is -0.357 e. The molecule has 0 heterocycles. The van der Waals surface area contributed by atoms with E-state index in [4.69, 9.17) is 17.2 Å². The normalized spacial score (nSPS) is 11.5. The molecule has 0 aliphatic carbocycles. The van der Waals surface area contributed by atoms with Gasteiger partial charge in [-0.1, -0.05) is 43.4 Å². The monoisotopic (exact) mass is 294 g/mol. The van der Waals surface area contributed by atoms with Crippen LogP contribution in [0.15, 0.2) is 29.3 Å². The van der Waals surface area contributed by atoms with Crippen molar-refractivity contribution in [3.8, 4) is 0 Å². The number of rotatable bonds is 6. The van der Waals surface area contributed by atoms with E-state index in [1.165, 1.54) is 0 Å².